The predicted octanol–water partition coefficient (Wildman–Crippen LogP) is 2.59. The van der Waals surface area contributed by atoms with Crippen molar-refractivity contribution in [3.8, 4) is 0 Å². The third-order valence-electron chi connectivity index (χ3n) is 2.79. The van der Waals surface area contributed by atoms with Crippen LogP contribution in [-0.2, 0) is 0 Å². The average molecular weight is 242 g/mol. The van der Waals surface area contributed by atoms with E-state index in [0.29, 0.717) is 6.04 Å². The van der Waals surface area contributed by atoms with Gasteiger partial charge in [0.1, 0.15) is 0 Å². The number of hydrogen-bond acceptors (Lipinski definition) is 4. The second-order valence-corrected chi connectivity index (χ2v) is 5.73. The van der Waals surface area contributed by atoms with Gasteiger partial charge in [0.05, 0.1) is 11.2 Å². The molecule has 0 aliphatic carbocycles. The van der Waals surface area contributed by atoms with Gasteiger partial charge >= 0.3 is 0 Å². The largest absolute Gasteiger partial charge is 0.396 e. The second-order valence-electron chi connectivity index (χ2n) is 5.01. The molecule has 1 aromatic heterocycles. The fraction of sp³-hybridized carbons (Fsp3) is 0.750. The molecule has 1 unspecified atom stereocenters. The summed E-state index contributed by atoms with van der Waals surface area (Å²) < 4.78 is 0. The van der Waals surface area contributed by atoms with Crippen molar-refractivity contribution in [2.75, 3.05) is 13.2 Å². The Labute approximate surface area is 102 Å². The molecule has 0 radical (unpaired) electrons. The average Bonchev–Trinajstić information content (AvgIpc) is 2.77. The van der Waals surface area contributed by atoms with Crippen molar-refractivity contribution in [3.63, 3.8) is 0 Å². The lowest BCUT2D eigenvalue weighted by molar-refractivity contribution is 0.232. The van der Waals surface area contributed by atoms with Gasteiger partial charge < -0.3 is 10.4 Å². The van der Waals surface area contributed by atoms with Crippen molar-refractivity contribution in [2.45, 2.75) is 39.7 Å². The molecule has 0 fully saturated rings. The fourth-order valence-corrected chi connectivity index (χ4v) is 2.26. The fourth-order valence-electron chi connectivity index (χ4n) is 1.62. The SMILES string of the molecule is CC(NCC(C)(C)CCCO)c1cscn1. The summed E-state index contributed by atoms with van der Waals surface area (Å²) in [6, 6.07) is 0.305. The molecule has 0 spiro atoms. The van der Waals surface area contributed by atoms with E-state index in [1.807, 2.05) is 5.51 Å². The minimum Gasteiger partial charge on any atom is -0.396 e. The van der Waals surface area contributed by atoms with Crippen LogP contribution in [0.2, 0.25) is 0 Å². The van der Waals surface area contributed by atoms with Gasteiger partial charge in [-0.05, 0) is 25.2 Å². The summed E-state index contributed by atoms with van der Waals surface area (Å²) in [6.45, 7) is 7.82. The Morgan fingerprint density at radius 3 is 2.88 bits per heavy atom. The lowest BCUT2D eigenvalue weighted by atomic mass is 9.87. The number of hydrogen-bond donors (Lipinski definition) is 2. The minimum absolute atomic E-state index is 0.229. The summed E-state index contributed by atoms with van der Waals surface area (Å²) in [6.07, 6.45) is 1.92. The van der Waals surface area contributed by atoms with E-state index in [2.05, 4.69) is 36.5 Å². The normalized spacial score (nSPS) is 14.0. The Morgan fingerprint density at radius 1 is 1.56 bits per heavy atom. The highest BCUT2D eigenvalue weighted by Gasteiger charge is 2.18. The Hall–Kier alpha value is -0.450. The molecule has 16 heavy (non-hydrogen) atoms. The molecule has 1 heterocycles. The van der Waals surface area contributed by atoms with Gasteiger partial charge in [-0.15, -0.1) is 11.3 Å². The first-order valence-corrected chi connectivity index (χ1v) is 6.72. The molecule has 0 saturated carbocycles. The molecular weight excluding hydrogens is 220 g/mol. The summed E-state index contributed by atoms with van der Waals surface area (Å²) in [5, 5.41) is 14.4. The van der Waals surface area contributed by atoms with Crippen LogP contribution in [0.1, 0.15) is 45.3 Å². The van der Waals surface area contributed by atoms with Crippen LogP contribution < -0.4 is 5.32 Å². The zero-order chi connectivity index (χ0) is 12.0. The van der Waals surface area contributed by atoms with Crippen molar-refractivity contribution in [2.24, 2.45) is 5.41 Å². The second kappa shape index (κ2) is 6.33. The Kier molecular flexibility index (Phi) is 5.38. The third-order valence-corrected chi connectivity index (χ3v) is 3.40. The minimum atomic E-state index is 0.229. The topological polar surface area (TPSA) is 45.1 Å². The number of aliphatic hydroxyl groups excluding tert-OH is 1. The standard InChI is InChI=1S/C12H22N2OS/c1-10(11-7-16-9-14-11)13-8-12(2,3)5-4-6-15/h7,9-10,13,15H,4-6,8H2,1-3H3. The monoisotopic (exact) mass is 242 g/mol. The smallest absolute Gasteiger partial charge is 0.0795 e. The highest BCUT2D eigenvalue weighted by atomic mass is 32.1. The molecule has 0 amide bonds. The number of nitrogens with one attached hydrogen (secondary N) is 1. The van der Waals surface area contributed by atoms with Gasteiger partial charge in [0.25, 0.3) is 0 Å². The quantitative estimate of drug-likeness (QED) is 0.772. The summed E-state index contributed by atoms with van der Waals surface area (Å²) >= 11 is 1.63. The number of aromatic nitrogens is 1. The van der Waals surface area contributed by atoms with Crippen molar-refractivity contribution < 1.29 is 5.11 Å². The molecule has 1 atom stereocenters. The molecule has 1 aromatic rings. The molecule has 0 aromatic carbocycles. The summed E-state index contributed by atoms with van der Waals surface area (Å²) in [4.78, 5) is 4.30. The van der Waals surface area contributed by atoms with E-state index in [4.69, 9.17) is 5.11 Å². The molecule has 92 valence electrons. The molecule has 1 rings (SSSR count). The van der Waals surface area contributed by atoms with Gasteiger partial charge in [-0.3, -0.25) is 0 Å². The van der Waals surface area contributed by atoms with E-state index in [0.717, 1.165) is 25.1 Å². The van der Waals surface area contributed by atoms with Crippen LogP contribution in [0.15, 0.2) is 10.9 Å². The van der Waals surface area contributed by atoms with Gasteiger partial charge in [0, 0.05) is 24.6 Å². The van der Waals surface area contributed by atoms with Crippen molar-refractivity contribution in [1.82, 2.24) is 10.3 Å². The first kappa shape index (κ1) is 13.6. The van der Waals surface area contributed by atoms with E-state index in [1.54, 1.807) is 11.3 Å². The lowest BCUT2D eigenvalue weighted by Gasteiger charge is -2.26. The molecule has 0 bridgehead atoms. The van der Waals surface area contributed by atoms with Crippen LogP contribution in [0, 0.1) is 5.41 Å². The van der Waals surface area contributed by atoms with Gasteiger partial charge in [-0.25, -0.2) is 4.98 Å². The summed E-state index contributed by atoms with van der Waals surface area (Å²) in [5.74, 6) is 0. The zero-order valence-electron chi connectivity index (χ0n) is 10.4. The summed E-state index contributed by atoms with van der Waals surface area (Å²) in [5.41, 5.74) is 3.21. The van der Waals surface area contributed by atoms with E-state index in [-0.39, 0.29) is 12.0 Å². The number of rotatable bonds is 7. The third kappa shape index (κ3) is 4.60. The van der Waals surface area contributed by atoms with Gasteiger partial charge in [0.2, 0.25) is 0 Å². The Bertz CT molecular complexity index is 285. The van der Waals surface area contributed by atoms with Gasteiger partial charge in [-0.2, -0.15) is 0 Å². The number of nitrogens with zero attached hydrogens (tertiary/aromatic N) is 1. The molecule has 4 heteroatoms. The predicted molar refractivity (Wildman–Crippen MR) is 68.6 cm³/mol. The first-order valence-electron chi connectivity index (χ1n) is 5.77. The molecule has 0 saturated heterocycles. The van der Waals surface area contributed by atoms with E-state index in [9.17, 15) is 0 Å². The maximum Gasteiger partial charge on any atom is 0.0795 e. The molecule has 0 aliphatic heterocycles. The number of aliphatic hydroxyl groups is 1. The van der Waals surface area contributed by atoms with Crippen LogP contribution in [0.25, 0.3) is 0 Å². The first-order chi connectivity index (χ1) is 7.55. The lowest BCUT2D eigenvalue weighted by Crippen LogP contribution is -2.31. The van der Waals surface area contributed by atoms with Crippen LogP contribution in [0.5, 0.6) is 0 Å². The number of thiazole rings is 1. The highest BCUT2D eigenvalue weighted by Crippen LogP contribution is 2.22. The molecular formula is C12H22N2OS. The van der Waals surface area contributed by atoms with Crippen molar-refractivity contribution in [1.29, 1.82) is 0 Å². The van der Waals surface area contributed by atoms with E-state index >= 15 is 0 Å². The van der Waals surface area contributed by atoms with Crippen LogP contribution >= 0.6 is 11.3 Å². The zero-order valence-corrected chi connectivity index (χ0v) is 11.2. The van der Waals surface area contributed by atoms with Crippen LogP contribution in [-0.4, -0.2) is 23.2 Å². The van der Waals surface area contributed by atoms with E-state index < -0.39 is 0 Å². The highest BCUT2D eigenvalue weighted by molar-refractivity contribution is 7.07. The van der Waals surface area contributed by atoms with Crippen molar-refractivity contribution >= 4 is 11.3 Å². The van der Waals surface area contributed by atoms with Crippen molar-refractivity contribution in [3.05, 3.63) is 16.6 Å². The maximum atomic E-state index is 8.83. The van der Waals surface area contributed by atoms with Gasteiger partial charge in [-0.1, -0.05) is 13.8 Å². The maximum absolute atomic E-state index is 8.83. The summed E-state index contributed by atoms with van der Waals surface area (Å²) in [7, 11) is 0. The Balaban J connectivity index is 2.33. The van der Waals surface area contributed by atoms with E-state index in [1.165, 1.54) is 0 Å². The van der Waals surface area contributed by atoms with Crippen LogP contribution in [0.3, 0.4) is 0 Å². The molecule has 0 aliphatic rings. The molecule has 2 N–H and O–H groups in total. The van der Waals surface area contributed by atoms with Gasteiger partial charge in [0.15, 0.2) is 0 Å². The van der Waals surface area contributed by atoms with Crippen LogP contribution in [0.4, 0.5) is 0 Å². The molecule has 3 nitrogen and oxygen atoms in total. The Morgan fingerprint density at radius 2 is 2.31 bits per heavy atom.